The molecule has 1 atom stereocenters. The van der Waals surface area contributed by atoms with Crippen molar-refractivity contribution in [1.82, 2.24) is 16.0 Å². The van der Waals surface area contributed by atoms with E-state index in [4.69, 9.17) is 5.11 Å². The second kappa shape index (κ2) is 13.0. The summed E-state index contributed by atoms with van der Waals surface area (Å²) in [7, 11) is -4.00. The fraction of sp³-hybridized carbons (Fsp3) is 0.286. The van der Waals surface area contributed by atoms with Crippen molar-refractivity contribution >= 4 is 34.1 Å². The molecule has 3 amide bonds. The summed E-state index contributed by atoms with van der Waals surface area (Å²) in [6, 6.07) is 4.74. The lowest BCUT2D eigenvalue weighted by Crippen LogP contribution is -2.35. The van der Waals surface area contributed by atoms with Gasteiger partial charge < -0.3 is 21.1 Å². The first-order valence-corrected chi connectivity index (χ1v) is 11.2. The van der Waals surface area contributed by atoms with Gasteiger partial charge in [0.25, 0.3) is 10.0 Å². The Bertz CT molecular complexity index is 1000. The van der Waals surface area contributed by atoms with Crippen molar-refractivity contribution in [2.75, 3.05) is 11.3 Å². The van der Waals surface area contributed by atoms with E-state index >= 15 is 0 Å². The van der Waals surface area contributed by atoms with Gasteiger partial charge in [-0.25, -0.2) is 13.2 Å². The third-order valence-electron chi connectivity index (χ3n) is 4.06. The van der Waals surface area contributed by atoms with Crippen LogP contribution in [-0.2, 0) is 19.6 Å². The number of anilines is 1. The second-order valence-electron chi connectivity index (χ2n) is 6.66. The number of carboxylic acid groups (broad SMARTS) is 1. The number of carbonyl (C=O) groups excluding carboxylic acids is 2. The molecule has 10 nitrogen and oxygen atoms in total. The Morgan fingerprint density at radius 1 is 1.28 bits per heavy atom. The third kappa shape index (κ3) is 9.04. The maximum atomic E-state index is 12.8. The number of nitrogens with one attached hydrogen (secondary N) is 4. The first-order chi connectivity index (χ1) is 15.1. The van der Waals surface area contributed by atoms with Gasteiger partial charge >= 0.3 is 12.0 Å². The molecule has 174 valence electrons. The molecule has 32 heavy (non-hydrogen) atoms. The van der Waals surface area contributed by atoms with Crippen LogP contribution in [0, 0.1) is 0 Å². The molecule has 0 bridgehead atoms. The number of benzene rings is 1. The summed E-state index contributed by atoms with van der Waals surface area (Å²) >= 11 is 0. The summed E-state index contributed by atoms with van der Waals surface area (Å²) in [4.78, 5) is 33.6. The van der Waals surface area contributed by atoms with E-state index in [0.29, 0.717) is 18.5 Å². The van der Waals surface area contributed by atoms with Gasteiger partial charge in [-0.3, -0.25) is 14.3 Å². The van der Waals surface area contributed by atoms with Crippen LogP contribution in [-0.4, -0.2) is 38.5 Å². The van der Waals surface area contributed by atoms with Crippen LogP contribution in [0.2, 0.25) is 0 Å². The number of aliphatic carboxylic acids is 1. The summed E-state index contributed by atoms with van der Waals surface area (Å²) in [5.74, 6) is -1.12. The van der Waals surface area contributed by atoms with Crippen LogP contribution < -0.4 is 20.7 Å². The third-order valence-corrected chi connectivity index (χ3v) is 5.53. The number of allylic oxidation sites excluding steroid dienone is 4. The Hall–Kier alpha value is -3.60. The van der Waals surface area contributed by atoms with Crippen molar-refractivity contribution in [2.24, 2.45) is 0 Å². The minimum atomic E-state index is -4.00. The van der Waals surface area contributed by atoms with Gasteiger partial charge in [0.05, 0.1) is 17.4 Å². The lowest BCUT2D eigenvalue weighted by atomic mass is 10.0. The molecule has 0 heterocycles. The molecule has 1 aromatic carbocycles. The van der Waals surface area contributed by atoms with Crippen LogP contribution >= 0.6 is 0 Å². The van der Waals surface area contributed by atoms with Crippen molar-refractivity contribution in [2.45, 2.75) is 32.7 Å². The molecule has 1 rings (SSSR count). The van der Waals surface area contributed by atoms with Crippen molar-refractivity contribution in [3.63, 3.8) is 0 Å². The number of hydrogen-bond acceptors (Lipinski definition) is 5. The molecular formula is C21H28N4O6S. The second-order valence-corrected chi connectivity index (χ2v) is 8.51. The summed E-state index contributed by atoms with van der Waals surface area (Å²) in [5, 5.41) is 16.6. The highest BCUT2D eigenvalue weighted by molar-refractivity contribution is 7.96. The number of sulfonamides is 1. The van der Waals surface area contributed by atoms with Crippen LogP contribution in [0.3, 0.4) is 0 Å². The van der Waals surface area contributed by atoms with Gasteiger partial charge in [0.2, 0.25) is 6.41 Å². The predicted molar refractivity (Wildman–Crippen MR) is 122 cm³/mol. The highest BCUT2D eigenvalue weighted by Crippen LogP contribution is 2.22. The van der Waals surface area contributed by atoms with Gasteiger partial charge in [0, 0.05) is 17.9 Å². The Labute approximate surface area is 187 Å². The molecular weight excluding hydrogens is 436 g/mol. The number of amides is 3. The quantitative estimate of drug-likeness (QED) is 0.223. The smallest absolute Gasteiger partial charge is 0.319 e. The van der Waals surface area contributed by atoms with E-state index in [1.165, 1.54) is 43.4 Å². The molecule has 0 saturated heterocycles. The SMILES string of the molecule is C=C/C=C(\C=C(/C)S(=O)(=O)Nc1cccc(C(CC(=O)O)NC=O)c1)NC(=O)NCCC. The Morgan fingerprint density at radius 2 is 2.00 bits per heavy atom. The molecule has 1 aromatic rings. The van der Waals surface area contributed by atoms with Crippen molar-refractivity contribution in [3.05, 3.63) is 65.2 Å². The van der Waals surface area contributed by atoms with Crippen LogP contribution in [0.5, 0.6) is 0 Å². The minimum Gasteiger partial charge on any atom is -0.481 e. The maximum absolute atomic E-state index is 12.8. The first kappa shape index (κ1) is 26.4. The summed E-state index contributed by atoms with van der Waals surface area (Å²) < 4.78 is 27.9. The Kier molecular flexibility index (Phi) is 10.7. The van der Waals surface area contributed by atoms with E-state index in [9.17, 15) is 22.8 Å². The molecule has 0 fully saturated rings. The molecule has 1 unspecified atom stereocenters. The molecule has 0 aliphatic carbocycles. The van der Waals surface area contributed by atoms with Gasteiger partial charge in [0.1, 0.15) is 0 Å². The highest BCUT2D eigenvalue weighted by Gasteiger charge is 2.18. The highest BCUT2D eigenvalue weighted by atomic mass is 32.2. The monoisotopic (exact) mass is 464 g/mol. The number of carboxylic acids is 1. The molecule has 5 N–H and O–H groups in total. The topological polar surface area (TPSA) is 154 Å². The zero-order valence-corrected chi connectivity index (χ0v) is 18.7. The lowest BCUT2D eigenvalue weighted by molar-refractivity contribution is -0.137. The van der Waals surface area contributed by atoms with Crippen LogP contribution in [0.4, 0.5) is 10.5 Å². The minimum absolute atomic E-state index is 0.0834. The van der Waals surface area contributed by atoms with Gasteiger partial charge in [-0.05, 0) is 43.2 Å². The van der Waals surface area contributed by atoms with Crippen LogP contribution in [0.25, 0.3) is 0 Å². The summed E-state index contributed by atoms with van der Waals surface area (Å²) in [6.45, 7) is 7.28. The standard InChI is InChI=1S/C21H28N4O6S/c1-4-7-17(24-21(29)22-10-5-2)11-15(3)32(30,31)25-18-9-6-8-16(12-18)19(23-14-26)13-20(27)28/h4,6-9,11-12,14,19,25H,1,5,10,13H2,2-3H3,(H,23,26)(H,27,28)(H2,22,24,29)/b15-11+,17-7+. The Balaban J connectivity index is 3.08. The molecule has 0 aromatic heterocycles. The fourth-order valence-corrected chi connectivity index (χ4v) is 3.43. The number of hydrogen-bond donors (Lipinski definition) is 5. The zero-order chi connectivity index (χ0) is 24.1. The van der Waals surface area contributed by atoms with E-state index in [1.54, 1.807) is 6.07 Å². The zero-order valence-electron chi connectivity index (χ0n) is 17.9. The lowest BCUT2D eigenvalue weighted by Gasteiger charge is -2.16. The van der Waals surface area contributed by atoms with E-state index in [2.05, 4.69) is 27.3 Å². The van der Waals surface area contributed by atoms with E-state index in [1.807, 2.05) is 6.92 Å². The average Bonchev–Trinajstić information content (AvgIpc) is 2.71. The van der Waals surface area contributed by atoms with Gasteiger partial charge in [-0.15, -0.1) is 0 Å². The Morgan fingerprint density at radius 3 is 2.59 bits per heavy atom. The van der Waals surface area contributed by atoms with Gasteiger partial charge in [-0.2, -0.15) is 0 Å². The van der Waals surface area contributed by atoms with Gasteiger partial charge in [-0.1, -0.05) is 31.7 Å². The van der Waals surface area contributed by atoms with Crippen LogP contribution in [0.15, 0.2) is 59.7 Å². The normalized spacial score (nSPS) is 12.9. The van der Waals surface area contributed by atoms with Crippen molar-refractivity contribution in [1.29, 1.82) is 0 Å². The predicted octanol–water partition coefficient (Wildman–Crippen LogP) is 2.37. The van der Waals surface area contributed by atoms with Gasteiger partial charge in [0.15, 0.2) is 0 Å². The summed E-state index contributed by atoms with van der Waals surface area (Å²) in [6.07, 6.45) is 4.90. The molecule has 0 radical (unpaired) electrons. The van der Waals surface area contributed by atoms with Crippen LogP contribution in [0.1, 0.15) is 38.3 Å². The largest absolute Gasteiger partial charge is 0.481 e. The molecule has 0 saturated carbocycles. The van der Waals surface area contributed by atoms with Crippen molar-refractivity contribution < 1.29 is 27.9 Å². The van der Waals surface area contributed by atoms with E-state index in [0.717, 1.165) is 6.42 Å². The fourth-order valence-electron chi connectivity index (χ4n) is 2.55. The average molecular weight is 465 g/mol. The van der Waals surface area contributed by atoms with Crippen molar-refractivity contribution in [3.8, 4) is 0 Å². The summed E-state index contributed by atoms with van der Waals surface area (Å²) in [5.41, 5.74) is 0.825. The molecule has 11 heteroatoms. The number of urea groups is 1. The maximum Gasteiger partial charge on any atom is 0.319 e. The molecule has 0 aliphatic rings. The number of carbonyl (C=O) groups is 3. The van der Waals surface area contributed by atoms with E-state index < -0.39 is 28.1 Å². The molecule has 0 aliphatic heterocycles. The first-order valence-electron chi connectivity index (χ1n) is 9.73. The number of rotatable bonds is 13. The van der Waals surface area contributed by atoms with E-state index in [-0.39, 0.29) is 22.7 Å². The molecule has 0 spiro atoms.